The van der Waals surface area contributed by atoms with E-state index in [1.807, 2.05) is 34.0 Å². The van der Waals surface area contributed by atoms with E-state index in [0.29, 0.717) is 19.5 Å². The molecule has 1 N–H and O–H groups in total. The van der Waals surface area contributed by atoms with Gasteiger partial charge in [-0.2, -0.15) is 0 Å². The molecule has 0 bridgehead atoms. The van der Waals surface area contributed by atoms with E-state index in [2.05, 4.69) is 0 Å². The molecule has 1 aliphatic rings. The topological polar surface area (TPSA) is 45.5 Å². The summed E-state index contributed by atoms with van der Waals surface area (Å²) in [4.78, 5) is 13.8. The summed E-state index contributed by atoms with van der Waals surface area (Å²) < 4.78 is 1.88. The minimum absolute atomic E-state index is 0.144. The van der Waals surface area contributed by atoms with Gasteiger partial charge in [-0.05, 0) is 31.4 Å². The highest BCUT2D eigenvalue weighted by Crippen LogP contribution is 2.11. The van der Waals surface area contributed by atoms with Gasteiger partial charge in [0.2, 0.25) is 5.91 Å². The van der Waals surface area contributed by atoms with Crippen molar-refractivity contribution >= 4 is 5.91 Å². The number of carbonyl (C=O) groups excluding carboxylic acids is 1. The first-order valence-electron chi connectivity index (χ1n) is 5.82. The average molecular weight is 222 g/mol. The lowest BCUT2D eigenvalue weighted by atomic mass is 10.2. The highest BCUT2D eigenvalue weighted by molar-refractivity contribution is 5.76. The number of rotatable bonds is 2. The molecule has 1 saturated heterocycles. The monoisotopic (exact) mass is 222 g/mol. The van der Waals surface area contributed by atoms with Crippen molar-refractivity contribution in [2.45, 2.75) is 31.9 Å². The SMILES string of the molecule is O=C(Cn1cccc1)N1CCCC(O)CC1. The second-order valence-electron chi connectivity index (χ2n) is 4.32. The van der Waals surface area contributed by atoms with Crippen molar-refractivity contribution in [2.24, 2.45) is 0 Å². The Bertz CT molecular complexity index is 335. The third-order valence-corrected chi connectivity index (χ3v) is 3.03. The molecule has 1 aromatic rings. The van der Waals surface area contributed by atoms with Gasteiger partial charge in [0.25, 0.3) is 0 Å². The van der Waals surface area contributed by atoms with E-state index >= 15 is 0 Å². The number of hydrogen-bond acceptors (Lipinski definition) is 2. The van der Waals surface area contributed by atoms with E-state index < -0.39 is 0 Å². The minimum Gasteiger partial charge on any atom is -0.393 e. The van der Waals surface area contributed by atoms with Crippen LogP contribution in [0.3, 0.4) is 0 Å². The lowest BCUT2D eigenvalue weighted by Gasteiger charge is -2.20. The molecule has 0 spiro atoms. The number of nitrogens with zero attached hydrogens (tertiary/aromatic N) is 2. The number of hydrogen-bond donors (Lipinski definition) is 1. The number of likely N-dealkylation sites (tertiary alicyclic amines) is 1. The molecule has 1 unspecified atom stereocenters. The van der Waals surface area contributed by atoms with Crippen LogP contribution in [0.1, 0.15) is 19.3 Å². The summed E-state index contributed by atoms with van der Waals surface area (Å²) in [6.45, 7) is 1.86. The fraction of sp³-hybridized carbons (Fsp3) is 0.583. The van der Waals surface area contributed by atoms with Crippen LogP contribution in [0.5, 0.6) is 0 Å². The van der Waals surface area contributed by atoms with Crippen LogP contribution in [0.4, 0.5) is 0 Å². The molecule has 0 aliphatic carbocycles. The molecule has 1 fully saturated rings. The van der Waals surface area contributed by atoms with Crippen LogP contribution in [0.15, 0.2) is 24.5 Å². The van der Waals surface area contributed by atoms with Crippen molar-refractivity contribution < 1.29 is 9.90 Å². The number of carbonyl (C=O) groups is 1. The zero-order valence-corrected chi connectivity index (χ0v) is 9.38. The molecule has 1 amide bonds. The average Bonchev–Trinajstić information content (AvgIpc) is 2.66. The normalized spacial score (nSPS) is 21.8. The molecule has 0 radical (unpaired) electrons. The Hall–Kier alpha value is -1.29. The molecule has 2 rings (SSSR count). The van der Waals surface area contributed by atoms with Gasteiger partial charge in [-0.1, -0.05) is 0 Å². The highest BCUT2D eigenvalue weighted by atomic mass is 16.3. The number of amides is 1. The Balaban J connectivity index is 1.89. The van der Waals surface area contributed by atoms with Gasteiger partial charge in [0, 0.05) is 25.5 Å². The summed E-state index contributed by atoms with van der Waals surface area (Å²) in [6, 6.07) is 3.83. The van der Waals surface area contributed by atoms with Gasteiger partial charge in [0.1, 0.15) is 6.54 Å². The number of aliphatic hydroxyl groups excluding tert-OH is 1. The third-order valence-electron chi connectivity index (χ3n) is 3.03. The summed E-state index contributed by atoms with van der Waals surface area (Å²) in [5.74, 6) is 0.144. The van der Waals surface area contributed by atoms with E-state index in [-0.39, 0.29) is 12.0 Å². The van der Waals surface area contributed by atoms with Gasteiger partial charge >= 0.3 is 0 Å². The third kappa shape index (κ3) is 2.85. The predicted molar refractivity (Wildman–Crippen MR) is 60.9 cm³/mol. The molecule has 4 heteroatoms. The first-order chi connectivity index (χ1) is 7.75. The molecular formula is C12H18N2O2. The van der Waals surface area contributed by atoms with Crippen molar-refractivity contribution in [1.82, 2.24) is 9.47 Å². The first kappa shape index (κ1) is 11.2. The van der Waals surface area contributed by atoms with E-state index in [0.717, 1.165) is 19.4 Å². The van der Waals surface area contributed by atoms with Gasteiger partial charge < -0.3 is 14.6 Å². The van der Waals surface area contributed by atoms with E-state index in [1.165, 1.54) is 0 Å². The zero-order chi connectivity index (χ0) is 11.4. The lowest BCUT2D eigenvalue weighted by Crippen LogP contribution is -2.34. The molecule has 1 aliphatic heterocycles. The van der Waals surface area contributed by atoms with Crippen molar-refractivity contribution in [3.8, 4) is 0 Å². The Kier molecular flexibility index (Phi) is 3.62. The van der Waals surface area contributed by atoms with Crippen molar-refractivity contribution in [1.29, 1.82) is 0 Å². The molecule has 4 nitrogen and oxygen atoms in total. The van der Waals surface area contributed by atoms with Crippen LogP contribution in [-0.2, 0) is 11.3 Å². The number of aromatic nitrogens is 1. The second-order valence-corrected chi connectivity index (χ2v) is 4.32. The molecule has 0 saturated carbocycles. The summed E-state index contributed by atoms with van der Waals surface area (Å²) in [5.41, 5.74) is 0. The summed E-state index contributed by atoms with van der Waals surface area (Å²) in [7, 11) is 0. The van der Waals surface area contributed by atoms with Crippen LogP contribution >= 0.6 is 0 Å². The van der Waals surface area contributed by atoms with Gasteiger partial charge in [0.05, 0.1) is 6.10 Å². The molecular weight excluding hydrogens is 204 g/mol. The Morgan fingerprint density at radius 3 is 2.75 bits per heavy atom. The second kappa shape index (κ2) is 5.16. The largest absolute Gasteiger partial charge is 0.393 e. The molecule has 0 aromatic carbocycles. The lowest BCUT2D eigenvalue weighted by molar-refractivity contribution is -0.131. The molecule has 2 heterocycles. The van der Waals surface area contributed by atoms with Gasteiger partial charge in [0.15, 0.2) is 0 Å². The van der Waals surface area contributed by atoms with Crippen LogP contribution in [0.2, 0.25) is 0 Å². The Morgan fingerprint density at radius 2 is 2.00 bits per heavy atom. The maximum atomic E-state index is 11.9. The maximum Gasteiger partial charge on any atom is 0.242 e. The van der Waals surface area contributed by atoms with Crippen molar-refractivity contribution in [3.05, 3.63) is 24.5 Å². The van der Waals surface area contributed by atoms with Crippen molar-refractivity contribution in [2.75, 3.05) is 13.1 Å². The molecule has 88 valence electrons. The summed E-state index contributed by atoms with van der Waals surface area (Å²) >= 11 is 0. The van der Waals surface area contributed by atoms with Gasteiger partial charge in [-0.15, -0.1) is 0 Å². The Labute approximate surface area is 95.5 Å². The predicted octanol–water partition coefficient (Wildman–Crippen LogP) is 0.861. The van der Waals surface area contributed by atoms with Crippen LogP contribution in [-0.4, -0.2) is 39.7 Å². The summed E-state index contributed by atoms with van der Waals surface area (Å²) in [6.07, 6.45) is 5.97. The zero-order valence-electron chi connectivity index (χ0n) is 9.38. The summed E-state index contributed by atoms with van der Waals surface area (Å²) in [5, 5.41) is 9.50. The maximum absolute atomic E-state index is 11.9. The van der Waals surface area contributed by atoms with Crippen LogP contribution in [0.25, 0.3) is 0 Å². The van der Waals surface area contributed by atoms with E-state index in [9.17, 15) is 9.90 Å². The van der Waals surface area contributed by atoms with Crippen LogP contribution in [0, 0.1) is 0 Å². The Morgan fingerprint density at radius 1 is 1.25 bits per heavy atom. The fourth-order valence-corrected chi connectivity index (χ4v) is 2.06. The van der Waals surface area contributed by atoms with E-state index in [1.54, 1.807) is 0 Å². The van der Waals surface area contributed by atoms with Gasteiger partial charge in [-0.3, -0.25) is 4.79 Å². The number of aliphatic hydroxyl groups is 1. The van der Waals surface area contributed by atoms with Crippen LogP contribution < -0.4 is 0 Å². The minimum atomic E-state index is -0.232. The molecule has 1 aromatic heterocycles. The first-order valence-corrected chi connectivity index (χ1v) is 5.82. The fourth-order valence-electron chi connectivity index (χ4n) is 2.06. The smallest absolute Gasteiger partial charge is 0.242 e. The quantitative estimate of drug-likeness (QED) is 0.806. The van der Waals surface area contributed by atoms with E-state index in [4.69, 9.17) is 0 Å². The highest BCUT2D eigenvalue weighted by Gasteiger charge is 2.18. The standard InChI is InChI=1S/C12H18N2O2/c15-11-4-3-8-14(9-5-11)12(16)10-13-6-1-2-7-13/h1-2,6-7,11,15H,3-5,8-10H2. The van der Waals surface area contributed by atoms with Crippen molar-refractivity contribution in [3.63, 3.8) is 0 Å². The van der Waals surface area contributed by atoms with Gasteiger partial charge in [-0.25, -0.2) is 0 Å². The molecule has 1 atom stereocenters. The molecule has 16 heavy (non-hydrogen) atoms.